The van der Waals surface area contributed by atoms with E-state index in [0.29, 0.717) is 11.3 Å². The van der Waals surface area contributed by atoms with E-state index in [-0.39, 0.29) is 11.9 Å². The van der Waals surface area contributed by atoms with Gasteiger partial charge in [0, 0.05) is 5.56 Å². The van der Waals surface area contributed by atoms with Crippen LogP contribution in [0.1, 0.15) is 56.9 Å². The van der Waals surface area contributed by atoms with Crippen molar-refractivity contribution in [1.82, 2.24) is 5.32 Å². The monoisotopic (exact) mass is 339 g/mol. The maximum Gasteiger partial charge on any atom is 0.316 e. The van der Waals surface area contributed by atoms with Crippen LogP contribution in [-0.4, -0.2) is 17.4 Å². The highest BCUT2D eigenvalue weighted by Crippen LogP contribution is 2.38. The summed E-state index contributed by atoms with van der Waals surface area (Å²) >= 11 is 0. The number of ether oxygens (including phenoxy) is 1. The Morgan fingerprint density at radius 3 is 2.16 bits per heavy atom. The second kappa shape index (κ2) is 6.07. The van der Waals surface area contributed by atoms with Crippen LogP contribution in [-0.2, 0) is 14.3 Å². The fourth-order valence-electron chi connectivity index (χ4n) is 2.91. The van der Waals surface area contributed by atoms with Crippen LogP contribution in [0, 0.1) is 31.6 Å². The number of carbonyl (C=O) groups is 2. The number of nitrogens with one attached hydrogen (secondary N) is 1. The summed E-state index contributed by atoms with van der Waals surface area (Å²) in [6.45, 7) is 12.8. The number of terminal acetylenes is 1. The van der Waals surface area contributed by atoms with Crippen molar-refractivity contribution in [2.24, 2.45) is 5.41 Å². The second-order valence-electron chi connectivity index (χ2n) is 8.05. The lowest BCUT2D eigenvalue weighted by Crippen LogP contribution is -2.40. The summed E-state index contributed by atoms with van der Waals surface area (Å²) in [6.07, 6.45) is 5.49. The fourth-order valence-corrected chi connectivity index (χ4v) is 2.91. The molecule has 4 nitrogen and oxygen atoms in total. The predicted octanol–water partition coefficient (Wildman–Crippen LogP) is 3.49. The smallest absolute Gasteiger partial charge is 0.316 e. The van der Waals surface area contributed by atoms with E-state index >= 15 is 0 Å². The number of amides is 1. The van der Waals surface area contributed by atoms with Gasteiger partial charge in [-0.05, 0) is 77.3 Å². The Morgan fingerprint density at radius 1 is 1.20 bits per heavy atom. The van der Waals surface area contributed by atoms with Gasteiger partial charge >= 0.3 is 5.97 Å². The zero-order valence-electron chi connectivity index (χ0n) is 16.0. The summed E-state index contributed by atoms with van der Waals surface area (Å²) in [5.74, 6) is 2.35. The number of benzene rings is 1. The lowest BCUT2D eigenvalue weighted by atomic mass is 9.91. The zero-order chi connectivity index (χ0) is 19.2. The molecular formula is C21H25NO3. The van der Waals surface area contributed by atoms with Crippen LogP contribution in [0.15, 0.2) is 17.9 Å². The molecule has 0 saturated carbocycles. The minimum atomic E-state index is -0.767. The molecule has 0 fully saturated rings. The van der Waals surface area contributed by atoms with Gasteiger partial charge in [-0.3, -0.25) is 9.59 Å². The highest BCUT2D eigenvalue weighted by Gasteiger charge is 2.43. The lowest BCUT2D eigenvalue weighted by Gasteiger charge is -2.25. The predicted molar refractivity (Wildman–Crippen MR) is 98.5 cm³/mol. The Balaban J connectivity index is 2.70. The molecule has 25 heavy (non-hydrogen) atoms. The molecule has 0 unspecified atom stereocenters. The van der Waals surface area contributed by atoms with Gasteiger partial charge in [0.15, 0.2) is 0 Å². The summed E-state index contributed by atoms with van der Waals surface area (Å²) in [5, 5.41) is 2.90. The van der Waals surface area contributed by atoms with E-state index in [1.54, 1.807) is 20.8 Å². The van der Waals surface area contributed by atoms with Crippen LogP contribution >= 0.6 is 0 Å². The van der Waals surface area contributed by atoms with Gasteiger partial charge in [0.2, 0.25) is 0 Å². The quantitative estimate of drug-likeness (QED) is 0.663. The molecular weight excluding hydrogens is 314 g/mol. The third-order valence-corrected chi connectivity index (χ3v) is 4.20. The molecule has 0 aromatic heterocycles. The molecule has 1 aromatic carbocycles. The third-order valence-electron chi connectivity index (χ3n) is 4.20. The fraction of sp³-hybridized carbons (Fsp3) is 0.429. The van der Waals surface area contributed by atoms with Crippen LogP contribution in [0.2, 0.25) is 0 Å². The van der Waals surface area contributed by atoms with Crippen LogP contribution in [0.3, 0.4) is 0 Å². The number of carbonyl (C=O) groups excluding carboxylic acids is 2. The first-order chi connectivity index (χ1) is 11.4. The van der Waals surface area contributed by atoms with Gasteiger partial charge in [-0.2, -0.15) is 0 Å². The van der Waals surface area contributed by atoms with E-state index in [9.17, 15) is 9.59 Å². The molecule has 1 heterocycles. The van der Waals surface area contributed by atoms with Crippen LogP contribution in [0.5, 0.6) is 0 Å². The molecule has 1 amide bonds. The van der Waals surface area contributed by atoms with E-state index < -0.39 is 11.0 Å². The molecule has 0 spiro atoms. The molecule has 0 radical (unpaired) electrons. The molecule has 0 aliphatic carbocycles. The Hall–Kier alpha value is -2.54. The number of rotatable bonds is 2. The van der Waals surface area contributed by atoms with Crippen molar-refractivity contribution in [2.45, 2.75) is 54.0 Å². The minimum Gasteiger partial charge on any atom is -0.427 e. The Labute approximate surface area is 149 Å². The van der Waals surface area contributed by atoms with E-state index in [2.05, 4.69) is 11.2 Å². The van der Waals surface area contributed by atoms with E-state index in [0.717, 1.165) is 22.3 Å². The normalized spacial score (nSPS) is 16.5. The van der Waals surface area contributed by atoms with Gasteiger partial charge in [0.1, 0.15) is 5.76 Å². The number of hydrogen-bond acceptors (Lipinski definition) is 3. The van der Waals surface area contributed by atoms with Crippen molar-refractivity contribution in [2.75, 3.05) is 0 Å². The van der Waals surface area contributed by atoms with Crippen molar-refractivity contribution < 1.29 is 14.3 Å². The van der Waals surface area contributed by atoms with Crippen molar-refractivity contribution in [3.05, 3.63) is 40.1 Å². The third kappa shape index (κ3) is 3.46. The number of aryl methyl sites for hydroxylation is 2. The Bertz CT molecular complexity index is 807. The molecule has 0 saturated heterocycles. The first kappa shape index (κ1) is 18.8. The first-order valence-electron chi connectivity index (χ1n) is 8.26. The first-order valence-corrected chi connectivity index (χ1v) is 8.26. The van der Waals surface area contributed by atoms with E-state index in [1.165, 1.54) is 0 Å². The number of esters is 1. The summed E-state index contributed by atoms with van der Waals surface area (Å²) in [6, 6.07) is 3.72. The molecule has 4 heteroatoms. The van der Waals surface area contributed by atoms with Gasteiger partial charge in [-0.1, -0.05) is 5.92 Å². The molecule has 2 rings (SSSR count). The molecule has 0 bridgehead atoms. The Morgan fingerprint density at radius 2 is 1.72 bits per heavy atom. The lowest BCUT2D eigenvalue weighted by molar-refractivity contribution is -0.149. The SMILES string of the molecule is C#Cc1cc(C)c(C2=C(OC(=O)C(C)(C)C)C(C)(C)NC2=O)c(C)c1. The molecule has 132 valence electrons. The highest BCUT2D eigenvalue weighted by molar-refractivity contribution is 6.24. The van der Waals surface area contributed by atoms with Crippen LogP contribution < -0.4 is 5.32 Å². The topological polar surface area (TPSA) is 55.4 Å². The average Bonchev–Trinajstić information content (AvgIpc) is 2.67. The minimum absolute atomic E-state index is 0.249. The molecule has 1 aliphatic rings. The molecule has 1 N–H and O–H groups in total. The van der Waals surface area contributed by atoms with E-state index in [1.807, 2.05) is 39.8 Å². The van der Waals surface area contributed by atoms with Gasteiger partial charge in [0.25, 0.3) is 5.91 Å². The maximum atomic E-state index is 12.7. The summed E-state index contributed by atoms with van der Waals surface area (Å²) in [7, 11) is 0. The Kier molecular flexibility index (Phi) is 4.57. The largest absolute Gasteiger partial charge is 0.427 e. The van der Waals surface area contributed by atoms with Crippen molar-refractivity contribution in [3.8, 4) is 12.3 Å². The van der Waals surface area contributed by atoms with Gasteiger partial charge in [-0.25, -0.2) is 0 Å². The average molecular weight is 339 g/mol. The highest BCUT2D eigenvalue weighted by atomic mass is 16.5. The van der Waals surface area contributed by atoms with Gasteiger partial charge in [-0.15, -0.1) is 6.42 Å². The molecule has 1 aliphatic heterocycles. The van der Waals surface area contributed by atoms with E-state index in [4.69, 9.17) is 11.2 Å². The number of hydrogen-bond donors (Lipinski definition) is 1. The summed E-state index contributed by atoms with van der Waals surface area (Å²) < 4.78 is 5.71. The van der Waals surface area contributed by atoms with Crippen LogP contribution in [0.4, 0.5) is 0 Å². The summed E-state index contributed by atoms with van der Waals surface area (Å²) in [4.78, 5) is 25.1. The summed E-state index contributed by atoms with van der Waals surface area (Å²) in [5.41, 5.74) is 2.24. The van der Waals surface area contributed by atoms with Crippen molar-refractivity contribution in [1.29, 1.82) is 0 Å². The van der Waals surface area contributed by atoms with Crippen molar-refractivity contribution >= 4 is 17.4 Å². The van der Waals surface area contributed by atoms with Gasteiger partial charge in [0.05, 0.1) is 16.5 Å². The molecule has 1 aromatic rings. The standard InChI is InChI=1S/C21H25NO3/c1-9-14-10-12(2)15(13(3)11-14)16-17(21(7,8)22-18(16)23)25-19(24)20(4,5)6/h1,10-11H,2-8H3,(H,22,23). The second-order valence-corrected chi connectivity index (χ2v) is 8.05. The zero-order valence-corrected chi connectivity index (χ0v) is 16.0. The van der Waals surface area contributed by atoms with Crippen molar-refractivity contribution in [3.63, 3.8) is 0 Å². The van der Waals surface area contributed by atoms with Gasteiger partial charge < -0.3 is 10.1 Å². The van der Waals surface area contributed by atoms with Crippen LogP contribution in [0.25, 0.3) is 5.57 Å². The molecule has 0 atom stereocenters. The maximum absolute atomic E-state index is 12.7.